The molecule has 145 valence electrons. The summed E-state index contributed by atoms with van der Waals surface area (Å²) in [5.74, 6) is 0.0332. The molecule has 2 aromatic carbocycles. The minimum atomic E-state index is -0.283. The van der Waals surface area contributed by atoms with Gasteiger partial charge in [0.05, 0.1) is 11.4 Å². The highest BCUT2D eigenvalue weighted by molar-refractivity contribution is 6.19. The van der Waals surface area contributed by atoms with E-state index < -0.39 is 0 Å². The van der Waals surface area contributed by atoms with Crippen LogP contribution in [0.3, 0.4) is 0 Å². The van der Waals surface area contributed by atoms with Crippen LogP contribution in [-0.4, -0.2) is 32.1 Å². The Labute approximate surface area is 168 Å². The van der Waals surface area contributed by atoms with Crippen molar-refractivity contribution in [1.82, 2.24) is 0 Å². The van der Waals surface area contributed by atoms with Gasteiger partial charge in [-0.3, -0.25) is 9.79 Å². The smallest absolute Gasteiger partial charge is 0.249 e. The summed E-state index contributed by atoms with van der Waals surface area (Å²) < 4.78 is 0. The molecule has 1 heterocycles. The van der Waals surface area contributed by atoms with Crippen molar-refractivity contribution >= 4 is 25.7 Å². The minimum Gasteiger partial charge on any atom is -0.305 e. The summed E-state index contributed by atoms with van der Waals surface area (Å²) in [6, 6.07) is 18.1. The van der Waals surface area contributed by atoms with E-state index in [1.54, 1.807) is 0 Å². The molecule has 4 heteroatoms. The molecule has 27 heavy (non-hydrogen) atoms. The standard InChI is InChI=1S/C19H20N2O.C2H6.2CH4.B/c1-19(2,3)21-16-12-8-7-11-15(16)18(20-13-17(21)22)14-9-5-4-6-10-14;1-2;;;/h4-12H,13H2,1-3H3;1-2H3;2*1H4;. The van der Waals surface area contributed by atoms with E-state index in [0.29, 0.717) is 0 Å². The second-order valence-electron chi connectivity index (χ2n) is 6.45. The van der Waals surface area contributed by atoms with E-state index >= 15 is 0 Å². The first-order valence-electron chi connectivity index (χ1n) is 8.51. The van der Waals surface area contributed by atoms with Gasteiger partial charge >= 0.3 is 0 Å². The lowest BCUT2D eigenvalue weighted by molar-refractivity contribution is -0.118. The molecule has 0 spiro atoms. The van der Waals surface area contributed by atoms with E-state index in [0.717, 1.165) is 22.5 Å². The summed E-state index contributed by atoms with van der Waals surface area (Å²) in [7, 11) is 0. The Morgan fingerprint density at radius 2 is 1.41 bits per heavy atom. The molecule has 0 N–H and O–H groups in total. The number of benzodiazepines with no additional fused rings is 1. The Hall–Kier alpha value is -2.36. The molecule has 0 saturated heterocycles. The number of nitrogens with zero attached hydrogens (tertiary/aromatic N) is 2. The van der Waals surface area contributed by atoms with Crippen LogP contribution in [-0.2, 0) is 4.79 Å². The average molecular weight is 365 g/mol. The second-order valence-corrected chi connectivity index (χ2v) is 6.45. The molecule has 0 aromatic heterocycles. The molecule has 1 aliphatic heterocycles. The average Bonchev–Trinajstić information content (AvgIpc) is 2.73. The SMILES string of the molecule is C.C.CC.CC(C)(C)N1C(=O)CN=C(c2ccccc2)c2ccccc21.[B]. The number of benzene rings is 2. The molecule has 3 nitrogen and oxygen atoms in total. The van der Waals surface area contributed by atoms with Gasteiger partial charge in [-0.25, -0.2) is 0 Å². The maximum absolute atomic E-state index is 12.6. The predicted molar refractivity (Wildman–Crippen MR) is 121 cm³/mol. The number of anilines is 1. The lowest BCUT2D eigenvalue weighted by Gasteiger charge is -2.35. The highest BCUT2D eigenvalue weighted by atomic mass is 16.2. The van der Waals surface area contributed by atoms with Gasteiger partial charge in [0.1, 0.15) is 6.54 Å². The van der Waals surface area contributed by atoms with Crippen LogP contribution < -0.4 is 4.90 Å². The van der Waals surface area contributed by atoms with Crippen molar-refractivity contribution in [3.05, 3.63) is 65.7 Å². The quantitative estimate of drug-likeness (QED) is 0.607. The summed E-state index contributed by atoms with van der Waals surface area (Å²) in [6.07, 6.45) is 0. The van der Waals surface area contributed by atoms with Gasteiger partial charge in [0.2, 0.25) is 5.91 Å². The molecule has 3 radical (unpaired) electrons. The zero-order valence-corrected chi connectivity index (χ0v) is 15.8. The normalized spacial score (nSPS) is 12.6. The van der Waals surface area contributed by atoms with E-state index in [9.17, 15) is 4.79 Å². The predicted octanol–water partition coefficient (Wildman–Crippen LogP) is 5.59. The number of amides is 1. The van der Waals surface area contributed by atoms with Gasteiger partial charge in [0.25, 0.3) is 0 Å². The fourth-order valence-electron chi connectivity index (χ4n) is 2.88. The molecule has 0 unspecified atom stereocenters. The van der Waals surface area contributed by atoms with Gasteiger partial charge < -0.3 is 4.90 Å². The third-order valence-electron chi connectivity index (χ3n) is 3.74. The Morgan fingerprint density at radius 1 is 0.889 bits per heavy atom. The fraction of sp³-hybridized carbons (Fsp3) is 0.391. The summed E-state index contributed by atoms with van der Waals surface area (Å²) in [5, 5.41) is 0. The van der Waals surface area contributed by atoms with Gasteiger partial charge in [-0.05, 0) is 26.8 Å². The zero-order chi connectivity index (χ0) is 17.7. The van der Waals surface area contributed by atoms with Crippen molar-refractivity contribution in [2.45, 2.75) is 55.0 Å². The number of hydrogen-bond donors (Lipinski definition) is 0. The highest BCUT2D eigenvalue weighted by Crippen LogP contribution is 2.31. The van der Waals surface area contributed by atoms with Crippen molar-refractivity contribution in [3.8, 4) is 0 Å². The van der Waals surface area contributed by atoms with Crippen molar-refractivity contribution < 1.29 is 4.79 Å². The van der Waals surface area contributed by atoms with Gasteiger partial charge in [-0.1, -0.05) is 77.2 Å². The Balaban J connectivity index is 0. The van der Waals surface area contributed by atoms with Crippen molar-refractivity contribution in [2.24, 2.45) is 4.99 Å². The molecule has 3 rings (SSSR count). The molecule has 1 aliphatic rings. The van der Waals surface area contributed by atoms with Crippen LogP contribution in [0.2, 0.25) is 0 Å². The largest absolute Gasteiger partial charge is 0.305 e. The molecule has 0 saturated carbocycles. The Kier molecular flexibility index (Phi) is 11.3. The van der Waals surface area contributed by atoms with Crippen molar-refractivity contribution in [3.63, 3.8) is 0 Å². The maximum Gasteiger partial charge on any atom is 0.249 e. The van der Waals surface area contributed by atoms with Crippen molar-refractivity contribution in [2.75, 3.05) is 11.4 Å². The second kappa shape index (κ2) is 11.4. The first kappa shape index (κ1) is 26.9. The van der Waals surface area contributed by atoms with Crippen LogP contribution in [0.15, 0.2) is 59.6 Å². The summed E-state index contributed by atoms with van der Waals surface area (Å²) in [6.45, 7) is 10.3. The van der Waals surface area contributed by atoms with E-state index in [4.69, 9.17) is 0 Å². The van der Waals surface area contributed by atoms with Crippen LogP contribution in [0.25, 0.3) is 0 Å². The van der Waals surface area contributed by atoms with Gasteiger partial charge in [0.15, 0.2) is 0 Å². The van der Waals surface area contributed by atoms with E-state index in [1.165, 1.54) is 0 Å². The lowest BCUT2D eigenvalue weighted by Crippen LogP contribution is -2.47. The molecule has 0 atom stereocenters. The number of carbonyl (C=O) groups excluding carboxylic acids is 1. The van der Waals surface area contributed by atoms with E-state index in [2.05, 4.69) is 25.8 Å². The third-order valence-corrected chi connectivity index (χ3v) is 3.74. The van der Waals surface area contributed by atoms with Crippen LogP contribution >= 0.6 is 0 Å². The monoisotopic (exact) mass is 365 g/mol. The highest BCUT2D eigenvalue weighted by Gasteiger charge is 2.32. The van der Waals surface area contributed by atoms with E-state index in [1.807, 2.05) is 73.3 Å². The van der Waals surface area contributed by atoms with Gasteiger partial charge in [0, 0.05) is 25.1 Å². The Morgan fingerprint density at radius 3 is 1.96 bits per heavy atom. The number of fused-ring (bicyclic) bond motifs is 1. The summed E-state index contributed by atoms with van der Waals surface area (Å²) in [5.41, 5.74) is 3.58. The molecular formula is C23H34BN2O. The Bertz CT molecular complexity index is 734. The number of aliphatic imine (C=N–C) groups is 1. The molecule has 1 amide bonds. The van der Waals surface area contributed by atoms with Crippen LogP contribution in [0.1, 0.15) is 60.6 Å². The number of para-hydroxylation sites is 1. The molecule has 0 bridgehead atoms. The molecule has 2 aromatic rings. The first-order valence-corrected chi connectivity index (χ1v) is 8.51. The number of rotatable bonds is 1. The third kappa shape index (κ3) is 5.82. The fourth-order valence-corrected chi connectivity index (χ4v) is 2.88. The van der Waals surface area contributed by atoms with Gasteiger partial charge in [-0.15, -0.1) is 0 Å². The van der Waals surface area contributed by atoms with Gasteiger partial charge in [-0.2, -0.15) is 0 Å². The summed E-state index contributed by atoms with van der Waals surface area (Å²) >= 11 is 0. The summed E-state index contributed by atoms with van der Waals surface area (Å²) in [4.78, 5) is 19.1. The number of carbonyl (C=O) groups is 1. The number of hydrogen-bond acceptors (Lipinski definition) is 2. The van der Waals surface area contributed by atoms with E-state index in [-0.39, 0.29) is 41.3 Å². The molecule has 0 aliphatic carbocycles. The minimum absolute atomic E-state index is 0. The van der Waals surface area contributed by atoms with Crippen molar-refractivity contribution in [1.29, 1.82) is 0 Å². The van der Waals surface area contributed by atoms with Crippen LogP contribution in [0.4, 0.5) is 5.69 Å². The van der Waals surface area contributed by atoms with Crippen LogP contribution in [0.5, 0.6) is 0 Å². The molecule has 0 fully saturated rings. The lowest BCUT2D eigenvalue weighted by atomic mass is 9.97. The maximum atomic E-state index is 12.6. The zero-order valence-electron chi connectivity index (χ0n) is 15.8. The van der Waals surface area contributed by atoms with Crippen LogP contribution in [0, 0.1) is 0 Å². The topological polar surface area (TPSA) is 32.7 Å². The molecular weight excluding hydrogens is 331 g/mol. The first-order chi connectivity index (χ1) is 11.5.